The van der Waals surface area contributed by atoms with Gasteiger partial charge in [-0.05, 0) is 35.2 Å². The van der Waals surface area contributed by atoms with Crippen LogP contribution in [0.1, 0.15) is 36.5 Å². The van der Waals surface area contributed by atoms with Crippen LogP contribution < -0.4 is 10.5 Å². The number of hydrogen-bond donors (Lipinski definition) is 2. The minimum atomic E-state index is 0.0810. The number of nitrogens with two attached hydrogens (primary N) is 1. The van der Waals surface area contributed by atoms with Gasteiger partial charge in [-0.25, -0.2) is 0 Å². The first-order valence-electron chi connectivity index (χ1n) is 6.83. The van der Waals surface area contributed by atoms with Crippen LogP contribution in [-0.4, -0.2) is 5.84 Å². The van der Waals surface area contributed by atoms with Gasteiger partial charge in [-0.3, -0.25) is 5.41 Å². The molecule has 0 spiro atoms. The molecule has 2 aromatic rings. The normalized spacial score (nSPS) is 10.7. The highest BCUT2D eigenvalue weighted by atomic mass is 79.9. The van der Waals surface area contributed by atoms with Crippen molar-refractivity contribution in [1.82, 2.24) is 0 Å². The Hall–Kier alpha value is -1.81. The zero-order chi connectivity index (χ0) is 15.4. The van der Waals surface area contributed by atoms with Gasteiger partial charge in [0.25, 0.3) is 0 Å². The molecular formula is C17H19BrN2O. The van der Waals surface area contributed by atoms with Crippen molar-refractivity contribution in [2.75, 3.05) is 0 Å². The summed E-state index contributed by atoms with van der Waals surface area (Å²) in [5.74, 6) is 1.39. The van der Waals surface area contributed by atoms with Crippen molar-refractivity contribution in [3.05, 3.63) is 63.6 Å². The molecule has 0 aromatic heterocycles. The topological polar surface area (TPSA) is 59.1 Å². The van der Waals surface area contributed by atoms with E-state index in [-0.39, 0.29) is 5.84 Å². The van der Waals surface area contributed by atoms with Gasteiger partial charge in [0.15, 0.2) is 0 Å². The van der Waals surface area contributed by atoms with Gasteiger partial charge in [-0.15, -0.1) is 0 Å². The van der Waals surface area contributed by atoms with Crippen LogP contribution in [0.15, 0.2) is 46.9 Å². The zero-order valence-corrected chi connectivity index (χ0v) is 13.8. The summed E-state index contributed by atoms with van der Waals surface area (Å²) in [6, 6.07) is 13.6. The van der Waals surface area contributed by atoms with Crippen molar-refractivity contribution in [1.29, 1.82) is 5.41 Å². The minimum absolute atomic E-state index is 0.0810. The maximum absolute atomic E-state index is 7.38. The van der Waals surface area contributed by atoms with E-state index in [0.29, 0.717) is 12.5 Å². The molecule has 0 saturated carbocycles. The molecule has 110 valence electrons. The van der Waals surface area contributed by atoms with Crippen LogP contribution in [0.25, 0.3) is 0 Å². The van der Waals surface area contributed by atoms with Crippen LogP contribution in [0, 0.1) is 5.41 Å². The molecule has 21 heavy (non-hydrogen) atoms. The molecule has 2 aromatic carbocycles. The highest BCUT2D eigenvalue weighted by molar-refractivity contribution is 9.10. The lowest BCUT2D eigenvalue weighted by Gasteiger charge is -2.14. The van der Waals surface area contributed by atoms with E-state index >= 15 is 0 Å². The first-order chi connectivity index (χ1) is 9.97. The van der Waals surface area contributed by atoms with Crippen LogP contribution in [0.3, 0.4) is 0 Å². The maximum Gasteiger partial charge on any atom is 0.123 e. The van der Waals surface area contributed by atoms with E-state index in [1.807, 2.05) is 36.4 Å². The Labute approximate surface area is 133 Å². The van der Waals surface area contributed by atoms with Crippen molar-refractivity contribution < 1.29 is 4.74 Å². The van der Waals surface area contributed by atoms with Crippen molar-refractivity contribution in [3.8, 4) is 5.75 Å². The van der Waals surface area contributed by atoms with Gasteiger partial charge in [0.05, 0.1) is 0 Å². The average molecular weight is 347 g/mol. The monoisotopic (exact) mass is 346 g/mol. The summed E-state index contributed by atoms with van der Waals surface area (Å²) in [7, 11) is 0. The van der Waals surface area contributed by atoms with E-state index in [1.165, 1.54) is 5.56 Å². The molecule has 0 heterocycles. The van der Waals surface area contributed by atoms with Gasteiger partial charge in [-0.2, -0.15) is 0 Å². The molecule has 0 unspecified atom stereocenters. The van der Waals surface area contributed by atoms with E-state index in [4.69, 9.17) is 15.9 Å². The largest absolute Gasteiger partial charge is 0.489 e. The third-order valence-corrected chi connectivity index (χ3v) is 3.75. The smallest absolute Gasteiger partial charge is 0.123 e. The lowest BCUT2D eigenvalue weighted by atomic mass is 10.0. The number of hydrogen-bond acceptors (Lipinski definition) is 2. The maximum atomic E-state index is 7.38. The molecule has 0 aliphatic rings. The van der Waals surface area contributed by atoms with E-state index < -0.39 is 0 Å². The van der Waals surface area contributed by atoms with E-state index in [2.05, 4.69) is 35.8 Å². The number of nitrogens with one attached hydrogen (secondary N) is 1. The molecule has 2 rings (SSSR count). The standard InChI is InChI=1S/C17H19BrN2O/c1-11(2)15-9-14(18)7-8-16(15)21-10-12-3-5-13(6-4-12)17(19)20/h3-9,11H,10H2,1-2H3,(H3,19,20). The molecule has 0 aliphatic heterocycles. The lowest BCUT2D eigenvalue weighted by molar-refractivity contribution is 0.301. The number of amidine groups is 1. The van der Waals surface area contributed by atoms with Crippen molar-refractivity contribution in [2.45, 2.75) is 26.4 Å². The summed E-state index contributed by atoms with van der Waals surface area (Å²) >= 11 is 3.49. The Morgan fingerprint density at radius 1 is 1.19 bits per heavy atom. The van der Waals surface area contributed by atoms with Gasteiger partial charge in [0, 0.05) is 10.0 Å². The van der Waals surface area contributed by atoms with E-state index in [0.717, 1.165) is 21.3 Å². The number of nitrogen functional groups attached to an aromatic ring is 1. The Morgan fingerprint density at radius 3 is 2.43 bits per heavy atom. The fraction of sp³-hybridized carbons (Fsp3) is 0.235. The van der Waals surface area contributed by atoms with Crippen LogP contribution in [0.2, 0.25) is 0 Å². The van der Waals surface area contributed by atoms with Crippen molar-refractivity contribution in [3.63, 3.8) is 0 Å². The number of ether oxygens (including phenoxy) is 1. The lowest BCUT2D eigenvalue weighted by Crippen LogP contribution is -2.10. The summed E-state index contributed by atoms with van der Waals surface area (Å²) < 4.78 is 6.99. The van der Waals surface area contributed by atoms with Crippen LogP contribution in [0.5, 0.6) is 5.75 Å². The number of benzene rings is 2. The Balaban J connectivity index is 2.11. The molecular weight excluding hydrogens is 328 g/mol. The molecule has 0 fully saturated rings. The second-order valence-electron chi connectivity index (χ2n) is 5.24. The Morgan fingerprint density at radius 2 is 1.86 bits per heavy atom. The molecule has 0 saturated heterocycles. The molecule has 0 aliphatic carbocycles. The van der Waals surface area contributed by atoms with Crippen LogP contribution >= 0.6 is 15.9 Å². The molecule has 0 amide bonds. The van der Waals surface area contributed by atoms with Gasteiger partial charge in [-0.1, -0.05) is 54.0 Å². The number of halogens is 1. The molecule has 4 heteroatoms. The van der Waals surface area contributed by atoms with Crippen LogP contribution in [0.4, 0.5) is 0 Å². The second-order valence-corrected chi connectivity index (χ2v) is 6.15. The molecule has 3 N–H and O–H groups in total. The van der Waals surface area contributed by atoms with Gasteiger partial charge in [0.1, 0.15) is 18.2 Å². The fourth-order valence-corrected chi connectivity index (χ4v) is 2.42. The average Bonchev–Trinajstić information content (AvgIpc) is 2.46. The minimum Gasteiger partial charge on any atom is -0.489 e. The first-order valence-corrected chi connectivity index (χ1v) is 7.62. The summed E-state index contributed by atoms with van der Waals surface area (Å²) in [6.45, 7) is 4.80. The van der Waals surface area contributed by atoms with Gasteiger partial charge < -0.3 is 10.5 Å². The summed E-state index contributed by atoms with van der Waals surface area (Å²) in [5.41, 5.74) is 8.41. The SMILES string of the molecule is CC(C)c1cc(Br)ccc1OCc1ccc(C(=N)N)cc1. The molecule has 0 radical (unpaired) electrons. The predicted molar refractivity (Wildman–Crippen MR) is 90.0 cm³/mol. The van der Waals surface area contributed by atoms with Crippen LogP contribution in [-0.2, 0) is 6.61 Å². The second kappa shape index (κ2) is 6.76. The van der Waals surface area contributed by atoms with Gasteiger partial charge in [0.2, 0.25) is 0 Å². The molecule has 0 bridgehead atoms. The summed E-state index contributed by atoms with van der Waals surface area (Å²) in [6.07, 6.45) is 0. The highest BCUT2D eigenvalue weighted by Gasteiger charge is 2.09. The first kappa shape index (κ1) is 15.6. The quantitative estimate of drug-likeness (QED) is 0.621. The molecule has 3 nitrogen and oxygen atoms in total. The van der Waals surface area contributed by atoms with Gasteiger partial charge >= 0.3 is 0 Å². The third kappa shape index (κ3) is 4.08. The zero-order valence-electron chi connectivity index (χ0n) is 12.2. The Kier molecular flexibility index (Phi) is 5.02. The summed E-state index contributed by atoms with van der Waals surface area (Å²) in [5, 5.41) is 7.38. The van der Waals surface area contributed by atoms with Crippen molar-refractivity contribution in [2.24, 2.45) is 5.73 Å². The Bertz CT molecular complexity index is 636. The highest BCUT2D eigenvalue weighted by Crippen LogP contribution is 2.30. The fourth-order valence-electron chi connectivity index (χ4n) is 2.04. The molecule has 0 atom stereocenters. The van der Waals surface area contributed by atoms with E-state index in [9.17, 15) is 0 Å². The van der Waals surface area contributed by atoms with Crippen molar-refractivity contribution >= 4 is 21.8 Å². The summed E-state index contributed by atoms with van der Waals surface area (Å²) in [4.78, 5) is 0. The third-order valence-electron chi connectivity index (χ3n) is 3.25. The number of rotatable bonds is 5. The van der Waals surface area contributed by atoms with E-state index in [1.54, 1.807) is 0 Å². The predicted octanol–water partition coefficient (Wildman–Crippen LogP) is 4.44.